The Balaban J connectivity index is 2.67. The average molecular weight is 346 g/mol. The first kappa shape index (κ1) is 20.1. The van der Waals surface area contributed by atoms with Crippen LogP contribution >= 0.6 is 0 Å². The van der Waals surface area contributed by atoms with Crippen molar-refractivity contribution in [3.63, 3.8) is 0 Å². The highest BCUT2D eigenvalue weighted by atomic mass is 16.7. The number of unbranched alkanes of at least 4 members (excludes halogenated alkanes) is 1. The lowest BCUT2D eigenvalue weighted by Crippen LogP contribution is -2.64. The summed E-state index contributed by atoms with van der Waals surface area (Å²) >= 11 is 0. The van der Waals surface area contributed by atoms with E-state index in [4.69, 9.17) is 20.1 Å². The highest BCUT2D eigenvalue weighted by molar-refractivity contribution is 5.73. The first-order valence-electron chi connectivity index (χ1n) is 7.49. The van der Waals surface area contributed by atoms with Crippen LogP contribution in [0.3, 0.4) is 0 Å². The molecule has 1 fully saturated rings. The topological polar surface area (TPSA) is 174 Å². The van der Waals surface area contributed by atoms with Gasteiger partial charge in [-0.05, 0) is 18.4 Å². The average Bonchev–Trinajstić information content (AvgIpc) is 2.51. The summed E-state index contributed by atoms with van der Waals surface area (Å²) in [6.45, 7) is 1.18. The summed E-state index contributed by atoms with van der Waals surface area (Å²) in [6, 6.07) is -1.00. The molecule has 1 amide bonds. The highest BCUT2D eigenvalue weighted by Gasteiger charge is 2.45. The van der Waals surface area contributed by atoms with Crippen LogP contribution in [0.1, 0.15) is 26.2 Å². The molecule has 2 unspecified atom stereocenters. The number of rotatable bonds is 9. The van der Waals surface area contributed by atoms with Crippen molar-refractivity contribution < 1.29 is 34.4 Å². The molecule has 0 spiro atoms. The number of carboxylic acid groups (broad SMARTS) is 1. The number of azide groups is 1. The van der Waals surface area contributed by atoms with Crippen molar-refractivity contribution in [3.05, 3.63) is 10.4 Å². The second-order valence-electron chi connectivity index (χ2n) is 5.39. The van der Waals surface area contributed by atoms with E-state index in [1.54, 1.807) is 0 Å². The van der Waals surface area contributed by atoms with Crippen LogP contribution in [0.5, 0.6) is 0 Å². The van der Waals surface area contributed by atoms with Gasteiger partial charge in [-0.3, -0.25) is 9.59 Å². The molecule has 0 aromatic rings. The number of hydrogen-bond donors (Lipinski definition) is 4. The Morgan fingerprint density at radius 3 is 2.62 bits per heavy atom. The number of aliphatic hydroxyl groups is 2. The van der Waals surface area contributed by atoms with E-state index < -0.39 is 42.5 Å². The van der Waals surface area contributed by atoms with Crippen molar-refractivity contribution in [3.8, 4) is 0 Å². The molecule has 24 heavy (non-hydrogen) atoms. The molecule has 1 aliphatic heterocycles. The van der Waals surface area contributed by atoms with E-state index >= 15 is 0 Å². The summed E-state index contributed by atoms with van der Waals surface area (Å²) in [5.41, 5.74) is 8.35. The van der Waals surface area contributed by atoms with Crippen molar-refractivity contribution in [1.82, 2.24) is 5.32 Å². The lowest BCUT2D eigenvalue weighted by atomic mass is 9.96. The third-order valence-corrected chi connectivity index (χ3v) is 3.46. The molecule has 11 heteroatoms. The van der Waals surface area contributed by atoms with E-state index in [0.717, 1.165) is 0 Å². The number of hydrogen-bond acceptors (Lipinski definition) is 7. The van der Waals surface area contributed by atoms with Crippen LogP contribution in [-0.4, -0.2) is 71.0 Å². The normalized spacial score (nSPS) is 29.5. The molecular formula is C13H22N4O7. The first-order valence-corrected chi connectivity index (χ1v) is 7.49. The number of carbonyl (C=O) groups is 2. The molecule has 0 bridgehead atoms. The fraction of sp³-hybridized carbons (Fsp3) is 0.846. The number of aliphatic carboxylic acids is 1. The number of aliphatic hydroxyl groups excluding tert-OH is 2. The van der Waals surface area contributed by atoms with Crippen LogP contribution in [-0.2, 0) is 19.1 Å². The van der Waals surface area contributed by atoms with Crippen molar-refractivity contribution >= 4 is 11.9 Å². The molecule has 0 aromatic carbocycles. The van der Waals surface area contributed by atoms with Crippen LogP contribution in [0.2, 0.25) is 0 Å². The lowest BCUT2D eigenvalue weighted by Gasteiger charge is -2.42. The number of nitrogens with zero attached hydrogens (tertiary/aromatic N) is 3. The van der Waals surface area contributed by atoms with E-state index in [0.29, 0.717) is 12.8 Å². The van der Waals surface area contributed by atoms with E-state index in [9.17, 15) is 19.8 Å². The second kappa shape index (κ2) is 10.1. The molecule has 136 valence electrons. The predicted octanol–water partition coefficient (Wildman–Crippen LogP) is -0.480. The highest BCUT2D eigenvalue weighted by Crippen LogP contribution is 2.23. The molecule has 1 heterocycles. The van der Waals surface area contributed by atoms with E-state index in [1.807, 2.05) is 0 Å². The fourth-order valence-corrected chi connectivity index (χ4v) is 2.31. The molecule has 1 rings (SSSR count). The van der Waals surface area contributed by atoms with E-state index in [2.05, 4.69) is 15.3 Å². The summed E-state index contributed by atoms with van der Waals surface area (Å²) in [6.07, 6.45) is -3.92. The molecule has 11 nitrogen and oxygen atoms in total. The number of ether oxygens (including phenoxy) is 2. The van der Waals surface area contributed by atoms with Crippen LogP contribution in [0, 0.1) is 0 Å². The van der Waals surface area contributed by atoms with Gasteiger partial charge in [0.25, 0.3) is 0 Å². The number of nitrogens with one attached hydrogen (secondary N) is 1. The fourth-order valence-electron chi connectivity index (χ4n) is 2.31. The van der Waals surface area contributed by atoms with Crippen LogP contribution in [0.4, 0.5) is 0 Å². The van der Waals surface area contributed by atoms with Crippen LogP contribution in [0.15, 0.2) is 5.11 Å². The Labute approximate surface area is 138 Å². The summed E-state index contributed by atoms with van der Waals surface area (Å²) in [4.78, 5) is 24.3. The van der Waals surface area contributed by atoms with Crippen LogP contribution in [0.25, 0.3) is 10.4 Å². The van der Waals surface area contributed by atoms with Crippen molar-refractivity contribution in [2.24, 2.45) is 5.11 Å². The zero-order valence-corrected chi connectivity index (χ0v) is 13.2. The largest absolute Gasteiger partial charge is 0.481 e. The Hall–Kier alpha value is -1.91. The van der Waals surface area contributed by atoms with Gasteiger partial charge in [0.15, 0.2) is 6.29 Å². The number of carboxylic acids is 1. The molecular weight excluding hydrogens is 324 g/mol. The first-order chi connectivity index (χ1) is 11.4. The Morgan fingerprint density at radius 2 is 2.04 bits per heavy atom. The maximum atomic E-state index is 11.3. The van der Waals surface area contributed by atoms with Gasteiger partial charge in [0.05, 0.1) is 12.6 Å². The van der Waals surface area contributed by atoms with Crippen LogP contribution < -0.4 is 5.32 Å². The smallest absolute Gasteiger partial charge is 0.303 e. The SMILES string of the molecule is CC(=O)NC1[C@@H](OCCCCC(=O)O)OC(CN=[N+]=[N-])[C@H](O)[C@@H]1O. The van der Waals surface area contributed by atoms with Gasteiger partial charge in [0, 0.05) is 24.9 Å². The second-order valence-corrected chi connectivity index (χ2v) is 5.39. The molecule has 0 radical (unpaired) electrons. The molecule has 5 atom stereocenters. The van der Waals surface area contributed by atoms with Gasteiger partial charge >= 0.3 is 5.97 Å². The summed E-state index contributed by atoms with van der Waals surface area (Å²) < 4.78 is 11.0. The minimum atomic E-state index is -1.37. The molecule has 1 saturated heterocycles. The lowest BCUT2D eigenvalue weighted by molar-refractivity contribution is -0.262. The zero-order chi connectivity index (χ0) is 18.1. The number of carbonyl (C=O) groups excluding carboxylic acids is 1. The van der Waals surface area contributed by atoms with Gasteiger partial charge in [-0.25, -0.2) is 0 Å². The Morgan fingerprint density at radius 1 is 1.33 bits per heavy atom. The molecule has 1 aliphatic rings. The molecule has 4 N–H and O–H groups in total. The van der Waals surface area contributed by atoms with Gasteiger partial charge in [-0.15, -0.1) is 0 Å². The molecule has 0 saturated carbocycles. The minimum Gasteiger partial charge on any atom is -0.481 e. The predicted molar refractivity (Wildman–Crippen MR) is 79.7 cm³/mol. The van der Waals surface area contributed by atoms with Crippen molar-refractivity contribution in [1.29, 1.82) is 0 Å². The maximum absolute atomic E-state index is 11.3. The summed E-state index contributed by atoms with van der Waals surface area (Å²) in [7, 11) is 0. The summed E-state index contributed by atoms with van der Waals surface area (Å²) in [5.74, 6) is -1.35. The third-order valence-electron chi connectivity index (χ3n) is 3.46. The zero-order valence-electron chi connectivity index (χ0n) is 13.2. The van der Waals surface area contributed by atoms with E-state index in [1.165, 1.54) is 6.92 Å². The van der Waals surface area contributed by atoms with Gasteiger partial charge in [-0.1, -0.05) is 5.11 Å². The quantitative estimate of drug-likeness (QED) is 0.189. The number of amides is 1. The standard InChI is InChI=1S/C13H22N4O7/c1-7(18)16-10-12(22)11(21)8(6-15-17-14)24-13(10)23-5-3-2-4-9(19)20/h8,10-13,21-22H,2-6H2,1H3,(H,16,18)(H,19,20)/t8?,10?,11-,12+,13-/m0/s1. The third kappa shape index (κ3) is 6.30. The minimum absolute atomic E-state index is 0.00482. The monoisotopic (exact) mass is 346 g/mol. The van der Waals surface area contributed by atoms with Crippen molar-refractivity contribution in [2.45, 2.75) is 56.8 Å². The van der Waals surface area contributed by atoms with Crippen molar-refractivity contribution in [2.75, 3.05) is 13.2 Å². The molecule has 0 aliphatic carbocycles. The van der Waals surface area contributed by atoms with Gasteiger partial charge < -0.3 is 30.1 Å². The van der Waals surface area contributed by atoms with Gasteiger partial charge in [0.1, 0.15) is 18.2 Å². The maximum Gasteiger partial charge on any atom is 0.303 e. The van der Waals surface area contributed by atoms with Gasteiger partial charge in [0.2, 0.25) is 5.91 Å². The summed E-state index contributed by atoms with van der Waals surface area (Å²) in [5, 5.41) is 34.5. The van der Waals surface area contributed by atoms with E-state index in [-0.39, 0.29) is 19.6 Å². The van der Waals surface area contributed by atoms with Gasteiger partial charge in [-0.2, -0.15) is 0 Å². The Kier molecular flexibility index (Phi) is 8.44. The molecule has 0 aromatic heterocycles. The Bertz CT molecular complexity index is 483.